The van der Waals surface area contributed by atoms with Crippen molar-refractivity contribution < 1.29 is 14.2 Å². The Labute approximate surface area is 224 Å². The van der Waals surface area contributed by atoms with Crippen molar-refractivity contribution in [3.8, 4) is 23.6 Å². The summed E-state index contributed by atoms with van der Waals surface area (Å²) in [5, 5.41) is 12.4. The van der Waals surface area contributed by atoms with E-state index in [1.165, 1.54) is 18.4 Å². The number of aryl methyl sites for hydroxylation is 1. The third-order valence-electron chi connectivity index (χ3n) is 8.06. The lowest BCUT2D eigenvalue weighted by Gasteiger charge is -2.38. The molecule has 2 fully saturated rings. The summed E-state index contributed by atoms with van der Waals surface area (Å²) in [5.74, 6) is 4.12. The fourth-order valence-electron chi connectivity index (χ4n) is 5.72. The van der Waals surface area contributed by atoms with Gasteiger partial charge in [0.25, 0.3) is 0 Å². The maximum atomic E-state index is 14.9. The van der Waals surface area contributed by atoms with Gasteiger partial charge in [-0.05, 0) is 79.8 Å². The second-order valence-corrected chi connectivity index (χ2v) is 11.1. The van der Waals surface area contributed by atoms with Crippen molar-refractivity contribution in [3.63, 3.8) is 0 Å². The largest absolute Gasteiger partial charge is 0.484 e. The normalized spacial score (nSPS) is 22.7. The molecule has 0 amide bonds. The molecule has 0 spiro atoms. The van der Waals surface area contributed by atoms with Gasteiger partial charge in [0.1, 0.15) is 11.6 Å². The molecule has 5 rings (SSSR count). The van der Waals surface area contributed by atoms with Crippen LogP contribution in [-0.2, 0) is 11.2 Å². The first-order chi connectivity index (χ1) is 18.1. The fourth-order valence-corrected chi connectivity index (χ4v) is 5.72. The molecule has 1 aromatic carbocycles. The molecule has 3 aliphatic rings. The molecule has 2 aliphatic carbocycles. The number of hydrogen-bond donors (Lipinski definition) is 1. The molecule has 6 heteroatoms. The van der Waals surface area contributed by atoms with Crippen molar-refractivity contribution in [2.45, 2.75) is 70.8 Å². The zero-order chi connectivity index (χ0) is 27.2. The minimum absolute atomic E-state index is 0.235. The van der Waals surface area contributed by atoms with Gasteiger partial charge in [0.2, 0.25) is 0 Å². The number of benzene rings is 1. The molecule has 1 saturated heterocycles. The van der Waals surface area contributed by atoms with Gasteiger partial charge in [-0.25, -0.2) is 4.39 Å². The minimum Gasteiger partial charge on any atom is -0.484 e. The molecular weight excluding hydrogens is 477 g/mol. The average Bonchev–Trinajstić information content (AvgIpc) is 3.73. The summed E-state index contributed by atoms with van der Waals surface area (Å²) in [6.45, 7) is 11.3. The van der Waals surface area contributed by atoms with E-state index in [1.807, 2.05) is 13.8 Å². The van der Waals surface area contributed by atoms with Crippen molar-refractivity contribution in [2.24, 2.45) is 4.99 Å². The Morgan fingerprint density at radius 3 is 2.76 bits per heavy atom. The molecule has 0 unspecified atom stereocenters. The summed E-state index contributed by atoms with van der Waals surface area (Å²) in [7, 11) is 1.59. The van der Waals surface area contributed by atoms with Gasteiger partial charge in [-0.1, -0.05) is 18.6 Å². The molecule has 0 radical (unpaired) electrons. The molecule has 0 bridgehead atoms. The number of aliphatic hydroxyl groups is 1. The van der Waals surface area contributed by atoms with Crippen LogP contribution in [0.4, 0.5) is 4.39 Å². The average molecular weight is 514 g/mol. The van der Waals surface area contributed by atoms with Crippen molar-refractivity contribution >= 4 is 23.9 Å². The number of hydrogen-bond acceptors (Lipinski definition) is 5. The van der Waals surface area contributed by atoms with Gasteiger partial charge in [0.15, 0.2) is 5.90 Å². The van der Waals surface area contributed by atoms with E-state index in [9.17, 15) is 9.50 Å². The topological polar surface area (TPSA) is 58.0 Å². The number of pyridine rings is 1. The smallest absolute Gasteiger partial charge is 0.186 e. The van der Waals surface area contributed by atoms with Crippen LogP contribution in [0.5, 0.6) is 0 Å². The number of methoxy groups -OCH3 is 1. The quantitative estimate of drug-likeness (QED) is 0.369. The predicted molar refractivity (Wildman–Crippen MR) is 151 cm³/mol. The van der Waals surface area contributed by atoms with Crippen LogP contribution < -0.4 is 10.4 Å². The predicted octanol–water partition coefficient (Wildman–Crippen LogP) is 4.58. The van der Waals surface area contributed by atoms with Crippen molar-refractivity contribution in [1.82, 2.24) is 9.88 Å². The summed E-state index contributed by atoms with van der Waals surface area (Å²) >= 11 is 0. The number of terminal acetylenes is 1. The minimum atomic E-state index is -0.811. The number of β-amino-alcohol motifs (C(OH)–C–C–N with tert-alkyl or cyclic N) is 1. The molecule has 2 aromatic rings. The second-order valence-electron chi connectivity index (χ2n) is 11.1. The lowest BCUT2D eigenvalue weighted by Crippen LogP contribution is -2.47. The number of fused-ring (bicyclic) bond motifs is 1. The Bertz CT molecular complexity index is 1510. The van der Waals surface area contributed by atoms with Gasteiger partial charge < -0.3 is 14.7 Å². The molecule has 1 saturated carbocycles. The molecule has 1 aliphatic heterocycles. The zero-order valence-corrected chi connectivity index (χ0v) is 22.8. The Kier molecular flexibility index (Phi) is 6.92. The van der Waals surface area contributed by atoms with E-state index in [-0.39, 0.29) is 5.83 Å². The highest BCUT2D eigenvalue weighted by atomic mass is 19.1. The highest BCUT2D eigenvalue weighted by Gasteiger charge is 2.31. The van der Waals surface area contributed by atoms with Gasteiger partial charge in [-0.2, -0.15) is 4.99 Å². The number of aliphatic imine (C=N–C) groups is 1. The second kappa shape index (κ2) is 10.0. The lowest BCUT2D eigenvalue weighted by atomic mass is 9.83. The Morgan fingerprint density at radius 2 is 2.11 bits per heavy atom. The van der Waals surface area contributed by atoms with Gasteiger partial charge in [0, 0.05) is 49.0 Å². The highest BCUT2D eigenvalue weighted by Crippen LogP contribution is 2.46. The van der Waals surface area contributed by atoms with Crippen molar-refractivity contribution in [3.05, 3.63) is 56.8 Å². The number of piperidine rings is 1. The Morgan fingerprint density at radius 1 is 1.34 bits per heavy atom. The standard InChI is InChI=1S/C32H36FN3O2/c1-7-25-28(33)12-11-23-15-24(22-9-10-22)16-26(29(23)25)30-20(3)19(2)27(17-34-30)31(35-21(4)38-6)36-14-8-13-32(5,37)18-36/h1,15-17,22,37H,2,8-14,18H2,3-6H3/b31-27+,35-21+/t32-/m1/s1. The first kappa shape index (κ1) is 26.2. The van der Waals surface area contributed by atoms with Crippen LogP contribution in [0.3, 0.4) is 0 Å². The first-order valence-electron chi connectivity index (χ1n) is 13.4. The monoisotopic (exact) mass is 513 g/mol. The number of likely N-dealkylation sites (tertiary alicyclic amines) is 1. The van der Waals surface area contributed by atoms with E-state index in [1.54, 1.807) is 20.2 Å². The Balaban J connectivity index is 1.74. The van der Waals surface area contributed by atoms with Crippen molar-refractivity contribution in [2.75, 3.05) is 20.2 Å². The number of halogens is 1. The summed E-state index contributed by atoms with van der Waals surface area (Å²) in [6, 6.07) is 4.37. The Hall–Kier alpha value is -3.43. The molecular formula is C32H36FN3O2. The number of ether oxygens (including phenoxy) is 1. The van der Waals surface area contributed by atoms with E-state index in [0.717, 1.165) is 57.8 Å². The van der Waals surface area contributed by atoms with Crippen LogP contribution in [0.25, 0.3) is 29.2 Å². The third kappa shape index (κ3) is 4.88. The van der Waals surface area contributed by atoms with Crippen LogP contribution in [0.1, 0.15) is 74.1 Å². The van der Waals surface area contributed by atoms with E-state index >= 15 is 0 Å². The van der Waals surface area contributed by atoms with E-state index < -0.39 is 5.60 Å². The number of aromatic nitrogens is 1. The van der Waals surface area contributed by atoms with E-state index in [0.29, 0.717) is 42.6 Å². The van der Waals surface area contributed by atoms with E-state index in [2.05, 4.69) is 29.5 Å². The number of nitrogens with zero attached hydrogens (tertiary/aromatic N) is 3. The van der Waals surface area contributed by atoms with Crippen LogP contribution in [0.15, 0.2) is 29.1 Å². The summed E-state index contributed by atoms with van der Waals surface area (Å²) in [4.78, 5) is 11.8. The first-order valence-corrected chi connectivity index (χ1v) is 13.4. The number of allylic oxidation sites excluding steroid dienone is 2. The highest BCUT2D eigenvalue weighted by molar-refractivity contribution is 5.92. The SMILES string of the molecule is C#CC1=C(F)CCc2cc(C3CC3)cc(-c3nc/c(=C(/N=C(\C)OC)N4CCC[C@@](C)(O)C4)c(=C)c3C)c21. The summed E-state index contributed by atoms with van der Waals surface area (Å²) in [6.07, 6.45) is 12.5. The fraction of sp³-hybridized carbons (Fsp3) is 0.438. The number of rotatable bonds is 4. The zero-order valence-electron chi connectivity index (χ0n) is 22.8. The third-order valence-corrected chi connectivity index (χ3v) is 8.06. The molecule has 38 heavy (non-hydrogen) atoms. The summed E-state index contributed by atoms with van der Waals surface area (Å²) < 4.78 is 20.3. The molecule has 1 aromatic heterocycles. The van der Waals surface area contributed by atoms with Gasteiger partial charge in [-0.3, -0.25) is 4.98 Å². The molecule has 1 N–H and O–H groups in total. The maximum Gasteiger partial charge on any atom is 0.186 e. The maximum absolute atomic E-state index is 14.9. The molecule has 2 heterocycles. The van der Waals surface area contributed by atoms with Gasteiger partial charge in [0.05, 0.1) is 24.0 Å². The van der Waals surface area contributed by atoms with Crippen molar-refractivity contribution in [1.29, 1.82) is 0 Å². The van der Waals surface area contributed by atoms with Gasteiger partial charge >= 0.3 is 0 Å². The van der Waals surface area contributed by atoms with E-state index in [4.69, 9.17) is 21.1 Å². The van der Waals surface area contributed by atoms with Crippen LogP contribution in [0, 0.1) is 19.3 Å². The van der Waals surface area contributed by atoms with Crippen LogP contribution in [0.2, 0.25) is 0 Å². The molecule has 5 nitrogen and oxygen atoms in total. The molecule has 198 valence electrons. The lowest BCUT2D eigenvalue weighted by molar-refractivity contribution is 0.00186. The van der Waals surface area contributed by atoms with Gasteiger partial charge in [-0.15, -0.1) is 6.42 Å². The molecule has 1 atom stereocenters. The van der Waals surface area contributed by atoms with Crippen LogP contribution in [-0.4, -0.2) is 46.7 Å². The van der Waals surface area contributed by atoms with Crippen LogP contribution >= 0.6 is 0 Å². The summed E-state index contributed by atoms with van der Waals surface area (Å²) in [5.41, 5.74) is 5.21.